The van der Waals surface area contributed by atoms with Crippen molar-refractivity contribution in [3.8, 4) is 0 Å². The molecule has 9 nitrogen and oxygen atoms in total. The lowest BCUT2D eigenvalue weighted by atomic mass is 10.1. The third-order valence-corrected chi connectivity index (χ3v) is 7.90. The van der Waals surface area contributed by atoms with Gasteiger partial charge in [0, 0.05) is 39.3 Å². The number of nitrogens with zero attached hydrogens (tertiary/aromatic N) is 2. The van der Waals surface area contributed by atoms with Gasteiger partial charge in [-0.15, -0.1) is 11.3 Å². The Morgan fingerprint density at radius 1 is 1.37 bits per heavy atom. The first-order chi connectivity index (χ1) is 12.9. The van der Waals surface area contributed by atoms with Crippen molar-refractivity contribution in [3.05, 3.63) is 17.5 Å². The van der Waals surface area contributed by atoms with Crippen molar-refractivity contribution in [1.29, 1.82) is 0 Å². The van der Waals surface area contributed by atoms with Gasteiger partial charge < -0.3 is 20.7 Å². The highest BCUT2D eigenvalue weighted by Gasteiger charge is 2.42. The molecule has 0 aromatic carbocycles. The molecule has 2 atom stereocenters. The van der Waals surface area contributed by atoms with Crippen molar-refractivity contribution in [2.24, 2.45) is 5.73 Å². The largest absolute Gasteiger partial charge is 0.368 e. The third kappa shape index (κ3) is 4.32. The summed E-state index contributed by atoms with van der Waals surface area (Å²) in [5.41, 5.74) is 5.44. The van der Waals surface area contributed by atoms with E-state index in [-0.39, 0.29) is 42.8 Å². The van der Waals surface area contributed by atoms with Crippen molar-refractivity contribution in [1.82, 2.24) is 14.5 Å². The molecular weight excluding hydrogens is 392 g/mol. The summed E-state index contributed by atoms with van der Waals surface area (Å²) < 4.78 is 32.6. The molecule has 2 aliphatic heterocycles. The number of nitrogens with one attached hydrogen (secondary N) is 1. The van der Waals surface area contributed by atoms with Gasteiger partial charge in [0.1, 0.15) is 16.4 Å². The van der Waals surface area contributed by atoms with E-state index >= 15 is 0 Å². The average molecular weight is 417 g/mol. The van der Waals surface area contributed by atoms with Crippen LogP contribution < -0.4 is 11.1 Å². The van der Waals surface area contributed by atoms with Crippen LogP contribution in [0.5, 0.6) is 0 Å². The maximum Gasteiger partial charge on any atom is 0.252 e. The number of thiophene rings is 1. The third-order valence-electron chi connectivity index (χ3n) is 4.67. The van der Waals surface area contributed by atoms with Crippen LogP contribution in [0.25, 0.3) is 0 Å². The van der Waals surface area contributed by atoms with Crippen LogP contribution >= 0.6 is 11.3 Å². The van der Waals surface area contributed by atoms with Crippen LogP contribution in [0, 0.1) is 0 Å². The molecule has 0 spiro atoms. The Morgan fingerprint density at radius 2 is 2.19 bits per heavy atom. The van der Waals surface area contributed by atoms with Crippen LogP contribution in [0.15, 0.2) is 21.7 Å². The second kappa shape index (κ2) is 8.65. The molecule has 0 bridgehead atoms. The van der Waals surface area contributed by atoms with E-state index in [1.165, 1.54) is 15.3 Å². The van der Waals surface area contributed by atoms with Gasteiger partial charge in [-0.05, 0) is 24.3 Å². The molecule has 150 valence electrons. The quantitative estimate of drug-likeness (QED) is 0.626. The van der Waals surface area contributed by atoms with Gasteiger partial charge in [-0.1, -0.05) is 6.07 Å². The molecule has 2 fully saturated rings. The molecular formula is C16H24N4O5S2. The number of hydrogen-bond donors (Lipinski definition) is 2. The molecule has 11 heteroatoms. The molecule has 0 radical (unpaired) electrons. The van der Waals surface area contributed by atoms with Crippen LogP contribution in [0.3, 0.4) is 0 Å². The SMILES string of the molecule is NCCNC(=O)C1CN(S(=O)(=O)c2cccs2)CCN1C(=O)C1CCCO1. The van der Waals surface area contributed by atoms with E-state index in [4.69, 9.17) is 10.5 Å². The molecule has 3 N–H and O–H groups in total. The maximum absolute atomic E-state index is 12.8. The second-order valence-corrected chi connectivity index (χ2v) is 9.54. The number of amides is 2. The van der Waals surface area contributed by atoms with Crippen molar-refractivity contribution >= 4 is 33.2 Å². The van der Waals surface area contributed by atoms with Crippen molar-refractivity contribution < 1.29 is 22.7 Å². The zero-order chi connectivity index (χ0) is 19.4. The predicted molar refractivity (Wildman–Crippen MR) is 99.6 cm³/mol. The van der Waals surface area contributed by atoms with Gasteiger partial charge in [-0.3, -0.25) is 9.59 Å². The van der Waals surface area contributed by atoms with Crippen LogP contribution in [0.2, 0.25) is 0 Å². The number of rotatable bonds is 6. The van der Waals surface area contributed by atoms with Crippen LogP contribution in [-0.2, 0) is 24.3 Å². The summed E-state index contributed by atoms with van der Waals surface area (Å²) in [5.74, 6) is -0.661. The smallest absolute Gasteiger partial charge is 0.252 e. The first kappa shape index (κ1) is 20.2. The molecule has 1 aromatic rings. The highest BCUT2D eigenvalue weighted by molar-refractivity contribution is 7.91. The molecule has 2 saturated heterocycles. The molecule has 0 aliphatic carbocycles. The second-order valence-electron chi connectivity index (χ2n) is 6.42. The standard InChI is InChI=1S/C16H24N4O5S2/c17-5-6-18-15(21)12-11-19(27(23,24)14-4-2-10-26-14)7-8-20(12)16(22)13-3-1-9-25-13/h2,4,10,12-13H,1,3,5-9,11,17H2,(H,18,21). The van der Waals surface area contributed by atoms with Crippen molar-refractivity contribution in [3.63, 3.8) is 0 Å². The van der Waals surface area contributed by atoms with Gasteiger partial charge in [0.25, 0.3) is 15.9 Å². The van der Waals surface area contributed by atoms with Gasteiger partial charge in [0.05, 0.1) is 0 Å². The maximum atomic E-state index is 12.8. The number of nitrogens with two attached hydrogens (primary N) is 1. The normalized spacial score (nSPS) is 24.1. The van der Waals surface area contributed by atoms with Gasteiger partial charge in [-0.2, -0.15) is 4.31 Å². The zero-order valence-electron chi connectivity index (χ0n) is 14.9. The number of ether oxygens (including phenoxy) is 1. The number of carbonyl (C=O) groups excluding carboxylic acids is 2. The molecule has 3 rings (SSSR count). The lowest BCUT2D eigenvalue weighted by molar-refractivity contribution is -0.150. The average Bonchev–Trinajstić information content (AvgIpc) is 3.39. The Kier molecular flexibility index (Phi) is 6.48. The van der Waals surface area contributed by atoms with Crippen LogP contribution in [0.4, 0.5) is 0 Å². The Hall–Kier alpha value is -1.53. The summed E-state index contributed by atoms with van der Waals surface area (Å²) >= 11 is 1.13. The molecule has 1 aromatic heterocycles. The summed E-state index contributed by atoms with van der Waals surface area (Å²) in [7, 11) is -3.70. The lowest BCUT2D eigenvalue weighted by Gasteiger charge is -2.40. The molecule has 2 unspecified atom stereocenters. The topological polar surface area (TPSA) is 122 Å². The van der Waals surface area contributed by atoms with E-state index in [9.17, 15) is 18.0 Å². The lowest BCUT2D eigenvalue weighted by Crippen LogP contribution is -2.63. The van der Waals surface area contributed by atoms with Crippen molar-refractivity contribution in [2.45, 2.75) is 29.2 Å². The van der Waals surface area contributed by atoms with Crippen molar-refractivity contribution in [2.75, 3.05) is 39.3 Å². The Balaban J connectivity index is 1.80. The number of carbonyl (C=O) groups is 2. The molecule has 2 amide bonds. The highest BCUT2D eigenvalue weighted by atomic mass is 32.2. The fourth-order valence-corrected chi connectivity index (χ4v) is 5.85. The van der Waals surface area contributed by atoms with Gasteiger partial charge in [-0.25, -0.2) is 8.42 Å². The van der Waals surface area contributed by atoms with E-state index in [2.05, 4.69) is 5.32 Å². The number of hydrogen-bond acceptors (Lipinski definition) is 7. The van der Waals surface area contributed by atoms with E-state index in [0.717, 1.165) is 17.8 Å². The minimum atomic E-state index is -3.70. The fraction of sp³-hybridized carbons (Fsp3) is 0.625. The van der Waals surface area contributed by atoms with E-state index in [0.29, 0.717) is 13.0 Å². The summed E-state index contributed by atoms with van der Waals surface area (Å²) in [6.07, 6.45) is 0.854. The predicted octanol–water partition coefficient (Wildman–Crippen LogP) is -0.796. The Morgan fingerprint density at radius 3 is 2.81 bits per heavy atom. The molecule has 3 heterocycles. The first-order valence-corrected chi connectivity index (χ1v) is 11.2. The Labute approximate surface area is 162 Å². The van der Waals surface area contributed by atoms with Crippen LogP contribution in [0.1, 0.15) is 12.8 Å². The van der Waals surface area contributed by atoms with E-state index in [1.807, 2.05) is 0 Å². The minimum absolute atomic E-state index is 0.0882. The summed E-state index contributed by atoms with van der Waals surface area (Å²) in [5, 5.41) is 4.36. The summed E-state index contributed by atoms with van der Waals surface area (Å²) in [4.78, 5) is 26.9. The fourth-order valence-electron chi connectivity index (χ4n) is 3.27. The number of piperazine rings is 1. The minimum Gasteiger partial charge on any atom is -0.368 e. The summed E-state index contributed by atoms with van der Waals surface area (Å²) in [6, 6.07) is 2.30. The highest BCUT2D eigenvalue weighted by Crippen LogP contribution is 2.25. The zero-order valence-corrected chi connectivity index (χ0v) is 16.5. The monoisotopic (exact) mass is 416 g/mol. The van der Waals surface area contributed by atoms with E-state index in [1.54, 1.807) is 11.4 Å². The molecule has 0 saturated carbocycles. The van der Waals surface area contributed by atoms with Gasteiger partial charge in [0.15, 0.2) is 0 Å². The summed E-state index contributed by atoms with van der Waals surface area (Å²) in [6.45, 7) is 1.23. The Bertz CT molecular complexity index is 762. The molecule has 27 heavy (non-hydrogen) atoms. The van der Waals surface area contributed by atoms with Crippen LogP contribution in [-0.4, -0.2) is 80.9 Å². The molecule has 2 aliphatic rings. The first-order valence-electron chi connectivity index (χ1n) is 8.88. The number of sulfonamides is 1. The van der Waals surface area contributed by atoms with E-state index < -0.39 is 28.1 Å². The van der Waals surface area contributed by atoms with Gasteiger partial charge >= 0.3 is 0 Å². The van der Waals surface area contributed by atoms with Gasteiger partial charge in [0.2, 0.25) is 5.91 Å².